The van der Waals surface area contributed by atoms with Gasteiger partial charge in [0, 0.05) is 11.6 Å². The molecular weight excluding hydrogens is 267 g/mol. The molecule has 0 radical (unpaired) electrons. The summed E-state index contributed by atoms with van der Waals surface area (Å²) >= 11 is 0. The largest absolute Gasteiger partial charge is 0.396 e. The van der Waals surface area contributed by atoms with E-state index in [1.807, 2.05) is 0 Å². The summed E-state index contributed by atoms with van der Waals surface area (Å²) < 4.78 is 13.2. The highest BCUT2D eigenvalue weighted by atomic mass is 19.1. The zero-order valence-electron chi connectivity index (χ0n) is 12.0. The number of hydrogen-bond donors (Lipinski definition) is 2. The minimum Gasteiger partial charge on any atom is -0.396 e. The first kappa shape index (κ1) is 13.1. The third-order valence-corrected chi connectivity index (χ3v) is 5.79. The maximum atomic E-state index is 13.2. The number of carbonyl (C=O) groups is 1. The highest BCUT2D eigenvalue weighted by Gasteiger charge is 2.50. The van der Waals surface area contributed by atoms with E-state index in [0.717, 1.165) is 11.8 Å². The van der Waals surface area contributed by atoms with Crippen molar-refractivity contribution in [2.45, 2.75) is 32.1 Å². The van der Waals surface area contributed by atoms with Gasteiger partial charge < -0.3 is 11.1 Å². The van der Waals surface area contributed by atoms with Crippen molar-refractivity contribution in [1.29, 1.82) is 0 Å². The summed E-state index contributed by atoms with van der Waals surface area (Å²) in [5, 5.41) is 2.95. The molecule has 4 bridgehead atoms. The van der Waals surface area contributed by atoms with E-state index in [1.54, 1.807) is 6.07 Å². The summed E-state index contributed by atoms with van der Waals surface area (Å²) in [6, 6.07) is 4.39. The van der Waals surface area contributed by atoms with Gasteiger partial charge in [-0.25, -0.2) is 4.39 Å². The third-order valence-electron chi connectivity index (χ3n) is 5.79. The van der Waals surface area contributed by atoms with Crippen LogP contribution in [0, 0.1) is 35.4 Å². The van der Waals surface area contributed by atoms with E-state index in [0.29, 0.717) is 17.5 Å². The van der Waals surface area contributed by atoms with Crippen LogP contribution < -0.4 is 11.1 Å². The van der Waals surface area contributed by atoms with Gasteiger partial charge in [-0.05, 0) is 74.0 Å². The van der Waals surface area contributed by atoms with Crippen molar-refractivity contribution >= 4 is 17.3 Å². The Bertz CT molecular complexity index is 558. The average molecular weight is 288 g/mol. The zero-order chi connectivity index (χ0) is 14.6. The lowest BCUT2D eigenvalue weighted by Crippen LogP contribution is -2.49. The number of anilines is 2. The molecule has 5 rings (SSSR count). The fraction of sp³-hybridized carbons (Fsp3) is 0.588. The van der Waals surface area contributed by atoms with Crippen LogP contribution in [0.2, 0.25) is 0 Å². The maximum Gasteiger partial charge on any atom is 0.228 e. The van der Waals surface area contributed by atoms with Gasteiger partial charge in [-0.1, -0.05) is 0 Å². The van der Waals surface area contributed by atoms with Crippen molar-refractivity contribution in [3.63, 3.8) is 0 Å². The van der Waals surface area contributed by atoms with Crippen molar-refractivity contribution in [1.82, 2.24) is 0 Å². The van der Waals surface area contributed by atoms with E-state index in [4.69, 9.17) is 5.73 Å². The molecule has 1 amide bonds. The Morgan fingerprint density at radius 2 is 1.71 bits per heavy atom. The fourth-order valence-electron chi connectivity index (χ4n) is 5.20. The minimum absolute atomic E-state index is 0.0814. The lowest BCUT2D eigenvalue weighted by Gasteiger charge is -2.53. The topological polar surface area (TPSA) is 55.1 Å². The summed E-state index contributed by atoms with van der Waals surface area (Å²) in [4.78, 5) is 12.7. The van der Waals surface area contributed by atoms with Crippen LogP contribution in [-0.2, 0) is 4.79 Å². The number of carbonyl (C=O) groups excluding carboxylic acids is 1. The summed E-state index contributed by atoms with van der Waals surface area (Å²) in [6.07, 6.45) is 6.26. The van der Waals surface area contributed by atoms with Gasteiger partial charge in [0.2, 0.25) is 5.91 Å². The quantitative estimate of drug-likeness (QED) is 0.819. The second-order valence-electron chi connectivity index (χ2n) is 7.18. The van der Waals surface area contributed by atoms with Gasteiger partial charge >= 0.3 is 0 Å². The van der Waals surface area contributed by atoms with E-state index in [9.17, 15) is 9.18 Å². The Hall–Kier alpha value is -1.58. The monoisotopic (exact) mass is 288 g/mol. The van der Waals surface area contributed by atoms with Gasteiger partial charge in [0.1, 0.15) is 5.82 Å². The molecule has 4 aliphatic rings. The molecule has 3 N–H and O–H groups in total. The molecule has 21 heavy (non-hydrogen) atoms. The van der Waals surface area contributed by atoms with E-state index in [1.165, 1.54) is 44.2 Å². The molecule has 0 atom stereocenters. The molecule has 0 aliphatic heterocycles. The number of amides is 1. The molecule has 3 nitrogen and oxygen atoms in total. The average Bonchev–Trinajstić information content (AvgIpc) is 2.41. The van der Waals surface area contributed by atoms with Crippen molar-refractivity contribution in [3.05, 3.63) is 24.0 Å². The number of rotatable bonds is 2. The normalized spacial score (nSPS) is 36.7. The summed E-state index contributed by atoms with van der Waals surface area (Å²) in [6.45, 7) is 0. The molecule has 0 heterocycles. The molecule has 0 unspecified atom stereocenters. The van der Waals surface area contributed by atoms with Crippen LogP contribution in [-0.4, -0.2) is 5.91 Å². The lowest BCUT2D eigenvalue weighted by atomic mass is 9.51. The van der Waals surface area contributed by atoms with E-state index < -0.39 is 5.82 Å². The second kappa shape index (κ2) is 4.72. The first-order valence-electron chi connectivity index (χ1n) is 7.96. The Balaban J connectivity index is 1.51. The number of halogens is 1. The van der Waals surface area contributed by atoms with E-state index >= 15 is 0 Å². The molecular formula is C17H21FN2O. The van der Waals surface area contributed by atoms with Gasteiger partial charge in [-0.3, -0.25) is 4.79 Å². The van der Waals surface area contributed by atoms with Gasteiger partial charge in [0.15, 0.2) is 0 Å². The number of nitrogen functional groups attached to an aromatic ring is 1. The van der Waals surface area contributed by atoms with Crippen LogP contribution in [0.3, 0.4) is 0 Å². The summed E-state index contributed by atoms with van der Waals surface area (Å²) in [5.74, 6) is 2.63. The van der Waals surface area contributed by atoms with Crippen molar-refractivity contribution in [3.8, 4) is 0 Å². The van der Waals surface area contributed by atoms with E-state index in [-0.39, 0.29) is 17.5 Å². The van der Waals surface area contributed by atoms with Crippen molar-refractivity contribution in [2.75, 3.05) is 11.1 Å². The van der Waals surface area contributed by atoms with Crippen LogP contribution in [0.5, 0.6) is 0 Å². The number of benzene rings is 1. The maximum absolute atomic E-state index is 13.2. The van der Waals surface area contributed by atoms with Gasteiger partial charge in [0.05, 0.1) is 5.69 Å². The fourth-order valence-corrected chi connectivity index (χ4v) is 5.20. The highest BCUT2D eigenvalue weighted by Crippen LogP contribution is 2.56. The predicted molar refractivity (Wildman–Crippen MR) is 80.0 cm³/mol. The first-order valence-corrected chi connectivity index (χ1v) is 7.96. The number of hydrogen-bond acceptors (Lipinski definition) is 2. The third kappa shape index (κ3) is 2.21. The van der Waals surface area contributed by atoms with Gasteiger partial charge in [0.25, 0.3) is 0 Å². The molecule has 1 aromatic rings. The minimum atomic E-state index is -0.442. The Morgan fingerprint density at radius 3 is 2.29 bits per heavy atom. The van der Waals surface area contributed by atoms with Crippen LogP contribution in [0.25, 0.3) is 0 Å². The van der Waals surface area contributed by atoms with E-state index in [2.05, 4.69) is 5.32 Å². The molecule has 4 heteroatoms. The molecule has 0 aromatic heterocycles. The molecule has 0 spiro atoms. The lowest BCUT2D eigenvalue weighted by molar-refractivity contribution is -0.132. The van der Waals surface area contributed by atoms with Crippen LogP contribution in [0.4, 0.5) is 15.8 Å². The van der Waals surface area contributed by atoms with Crippen LogP contribution in [0.1, 0.15) is 32.1 Å². The Kier molecular flexibility index (Phi) is 2.95. The van der Waals surface area contributed by atoms with Gasteiger partial charge in [-0.2, -0.15) is 0 Å². The molecule has 4 fully saturated rings. The Labute approximate surface area is 124 Å². The standard InChI is InChI=1S/C17H21FN2O/c18-14-2-1-13(8-15(14)19)20-17(21)16-11-4-9-3-10(6-11)7-12(16)5-9/h1-2,8-12,16H,3-7,19H2,(H,20,21). The smallest absolute Gasteiger partial charge is 0.228 e. The van der Waals surface area contributed by atoms with Crippen molar-refractivity contribution < 1.29 is 9.18 Å². The SMILES string of the molecule is Nc1cc(NC(=O)C2C3CC4CC(C3)CC2C4)ccc1F. The highest BCUT2D eigenvalue weighted by molar-refractivity contribution is 5.93. The molecule has 112 valence electrons. The van der Waals surface area contributed by atoms with Crippen LogP contribution in [0.15, 0.2) is 18.2 Å². The molecule has 4 saturated carbocycles. The second-order valence-corrected chi connectivity index (χ2v) is 7.18. The van der Waals surface area contributed by atoms with Crippen molar-refractivity contribution in [2.24, 2.45) is 29.6 Å². The molecule has 0 saturated heterocycles. The van der Waals surface area contributed by atoms with Gasteiger partial charge in [-0.15, -0.1) is 0 Å². The number of nitrogens with two attached hydrogens (primary N) is 1. The first-order chi connectivity index (χ1) is 10.1. The molecule has 4 aliphatic carbocycles. The molecule has 1 aromatic carbocycles. The Morgan fingerprint density at radius 1 is 1.10 bits per heavy atom. The summed E-state index contributed by atoms with van der Waals surface area (Å²) in [5.41, 5.74) is 6.25. The summed E-state index contributed by atoms with van der Waals surface area (Å²) in [7, 11) is 0. The van der Waals surface area contributed by atoms with Crippen LogP contribution >= 0.6 is 0 Å². The number of nitrogens with one attached hydrogen (secondary N) is 1. The zero-order valence-corrected chi connectivity index (χ0v) is 12.0. The predicted octanol–water partition coefficient (Wildman–Crippen LogP) is 3.42.